The highest BCUT2D eigenvalue weighted by Crippen LogP contribution is 2.09. The monoisotopic (exact) mass is 605 g/mol. The lowest BCUT2D eigenvalue weighted by atomic mass is 10.2. The molecule has 0 N–H and O–H groups in total. The average molecular weight is 608 g/mol. The van der Waals surface area contributed by atoms with E-state index in [1.165, 1.54) is 0 Å². The van der Waals surface area contributed by atoms with Crippen molar-refractivity contribution in [3.05, 3.63) is 0 Å². The Bertz CT molecular complexity index is 246. The standard InChI is InChI=1S/C18H40NO6.3BrH/c1-5-6-19(7-10-23-16-13-20-2,8-11-24-17-14-21-3)9-12-25-18-15-22-4;;;/h5-18H2,1-4H3;3*1H/q+1;;;/p-1. The number of hydrogen-bond donors (Lipinski definition) is 0. The molecule has 0 radical (unpaired) electrons. The average Bonchev–Trinajstić information content (AvgIpc) is 2.61. The minimum Gasteiger partial charge on any atom is -1.00 e. The molecule has 0 atom stereocenters. The number of rotatable bonds is 20. The molecule has 0 unspecified atom stereocenters. The maximum Gasteiger partial charge on any atom is 0.103 e. The Morgan fingerprint density at radius 2 is 0.821 bits per heavy atom. The molecule has 28 heavy (non-hydrogen) atoms. The summed E-state index contributed by atoms with van der Waals surface area (Å²) in [7, 11) is 5.07. The molecule has 0 bridgehead atoms. The Labute approximate surface area is 203 Å². The molecule has 0 heterocycles. The van der Waals surface area contributed by atoms with E-state index in [0.717, 1.165) is 56.9 Å². The molecular weight excluding hydrogens is 566 g/mol. The summed E-state index contributed by atoms with van der Waals surface area (Å²) < 4.78 is 33.2. The van der Waals surface area contributed by atoms with Gasteiger partial charge < -0.3 is 49.9 Å². The van der Waals surface area contributed by atoms with Crippen LogP contribution in [-0.2, 0) is 28.4 Å². The maximum absolute atomic E-state index is 5.70. The van der Waals surface area contributed by atoms with Gasteiger partial charge in [-0.15, -0.1) is 34.0 Å². The van der Waals surface area contributed by atoms with Crippen LogP contribution in [0.15, 0.2) is 0 Å². The van der Waals surface area contributed by atoms with Gasteiger partial charge in [0.2, 0.25) is 0 Å². The van der Waals surface area contributed by atoms with Gasteiger partial charge in [-0.1, -0.05) is 6.92 Å². The van der Waals surface area contributed by atoms with Crippen LogP contribution in [0.5, 0.6) is 0 Å². The van der Waals surface area contributed by atoms with Crippen LogP contribution >= 0.6 is 34.0 Å². The Morgan fingerprint density at radius 1 is 0.500 bits per heavy atom. The van der Waals surface area contributed by atoms with Gasteiger partial charge in [0.1, 0.15) is 19.6 Å². The van der Waals surface area contributed by atoms with E-state index in [9.17, 15) is 0 Å². The molecule has 0 aromatic carbocycles. The predicted octanol–water partition coefficient (Wildman–Crippen LogP) is -0.638. The number of hydrogen-bond acceptors (Lipinski definition) is 6. The van der Waals surface area contributed by atoms with Gasteiger partial charge in [-0.3, -0.25) is 0 Å². The molecule has 0 aromatic heterocycles. The van der Waals surface area contributed by atoms with Crippen molar-refractivity contribution in [3.8, 4) is 0 Å². The minimum absolute atomic E-state index is 0. The molecule has 0 saturated carbocycles. The first kappa shape index (κ1) is 36.5. The maximum atomic E-state index is 5.70. The Morgan fingerprint density at radius 3 is 1.07 bits per heavy atom. The van der Waals surface area contributed by atoms with Crippen LogP contribution in [0, 0.1) is 0 Å². The molecule has 0 aliphatic rings. The number of nitrogens with zero attached hydrogens (tertiary/aromatic N) is 1. The van der Waals surface area contributed by atoms with E-state index in [0.29, 0.717) is 39.6 Å². The number of halogens is 3. The van der Waals surface area contributed by atoms with E-state index >= 15 is 0 Å². The second-order valence-electron chi connectivity index (χ2n) is 6.05. The van der Waals surface area contributed by atoms with Crippen molar-refractivity contribution >= 4 is 34.0 Å². The zero-order chi connectivity index (χ0) is 18.6. The summed E-state index contributed by atoms with van der Waals surface area (Å²) in [5, 5.41) is 0. The molecule has 0 amide bonds. The Kier molecular flexibility index (Phi) is 36.7. The topological polar surface area (TPSA) is 55.4 Å². The van der Waals surface area contributed by atoms with Crippen molar-refractivity contribution < 1.29 is 49.9 Å². The van der Waals surface area contributed by atoms with Crippen LogP contribution in [0.1, 0.15) is 13.3 Å². The molecule has 0 spiro atoms. The first-order valence-corrected chi connectivity index (χ1v) is 9.29. The van der Waals surface area contributed by atoms with Crippen LogP contribution in [0.2, 0.25) is 0 Å². The predicted molar refractivity (Wildman–Crippen MR) is 119 cm³/mol. The molecular formula is C18H42Br3NO6. The number of methoxy groups -OCH3 is 3. The van der Waals surface area contributed by atoms with E-state index in [2.05, 4.69) is 6.92 Å². The van der Waals surface area contributed by atoms with Crippen molar-refractivity contribution in [2.45, 2.75) is 13.3 Å². The molecule has 10 heteroatoms. The van der Waals surface area contributed by atoms with Gasteiger partial charge in [-0.05, 0) is 6.42 Å². The molecule has 0 saturated heterocycles. The van der Waals surface area contributed by atoms with Crippen molar-refractivity contribution in [2.75, 3.05) is 107 Å². The normalized spacial score (nSPS) is 10.7. The van der Waals surface area contributed by atoms with Gasteiger partial charge in [0.15, 0.2) is 0 Å². The lowest BCUT2D eigenvalue weighted by Gasteiger charge is -2.38. The summed E-state index contributed by atoms with van der Waals surface area (Å²) in [5.74, 6) is 0. The number of quaternary nitrogens is 1. The molecule has 0 fully saturated rings. The highest BCUT2D eigenvalue weighted by atomic mass is 79.9. The third-order valence-corrected chi connectivity index (χ3v) is 4.12. The summed E-state index contributed by atoms with van der Waals surface area (Å²) in [5.41, 5.74) is 0. The van der Waals surface area contributed by atoms with Crippen molar-refractivity contribution in [1.82, 2.24) is 0 Å². The van der Waals surface area contributed by atoms with E-state index < -0.39 is 0 Å². The summed E-state index contributed by atoms with van der Waals surface area (Å²) in [6.45, 7) is 12.2. The highest BCUT2D eigenvalue weighted by molar-refractivity contribution is 8.93. The molecule has 0 aromatic rings. The van der Waals surface area contributed by atoms with Crippen LogP contribution < -0.4 is 17.0 Å². The lowest BCUT2D eigenvalue weighted by Crippen LogP contribution is -3.00. The lowest BCUT2D eigenvalue weighted by molar-refractivity contribution is -0.929. The molecule has 0 aliphatic carbocycles. The van der Waals surface area contributed by atoms with E-state index in [-0.39, 0.29) is 50.9 Å². The summed E-state index contributed by atoms with van der Waals surface area (Å²) >= 11 is 0. The first-order chi connectivity index (χ1) is 12.2. The SMILES string of the molecule is Br.Br.CCC[N+](CCOCCOC)(CCOCCOC)CCOCCOC.[Br-]. The summed E-state index contributed by atoms with van der Waals surface area (Å²) in [6, 6.07) is 0. The van der Waals surface area contributed by atoms with Crippen molar-refractivity contribution in [3.63, 3.8) is 0 Å². The molecule has 0 aliphatic heterocycles. The second-order valence-corrected chi connectivity index (χ2v) is 6.05. The van der Waals surface area contributed by atoms with E-state index in [1.807, 2.05) is 0 Å². The summed E-state index contributed by atoms with van der Waals surface area (Å²) in [6.07, 6.45) is 1.12. The molecule has 7 nitrogen and oxygen atoms in total. The minimum atomic E-state index is 0. The van der Waals surface area contributed by atoms with Gasteiger partial charge in [0.05, 0.1) is 66.0 Å². The third kappa shape index (κ3) is 21.9. The van der Waals surface area contributed by atoms with Gasteiger partial charge in [0, 0.05) is 21.3 Å². The van der Waals surface area contributed by atoms with Gasteiger partial charge in [-0.25, -0.2) is 0 Å². The fraction of sp³-hybridized carbons (Fsp3) is 1.00. The quantitative estimate of drug-likeness (QED) is 0.136. The fourth-order valence-corrected chi connectivity index (χ4v) is 2.65. The smallest absolute Gasteiger partial charge is 0.103 e. The van der Waals surface area contributed by atoms with Crippen molar-refractivity contribution in [1.29, 1.82) is 0 Å². The van der Waals surface area contributed by atoms with Crippen LogP contribution in [0.3, 0.4) is 0 Å². The highest BCUT2D eigenvalue weighted by Gasteiger charge is 2.26. The van der Waals surface area contributed by atoms with Gasteiger partial charge in [-0.2, -0.15) is 0 Å². The van der Waals surface area contributed by atoms with E-state index in [1.54, 1.807) is 21.3 Å². The first-order valence-electron chi connectivity index (χ1n) is 9.29. The largest absolute Gasteiger partial charge is 1.00 e. The van der Waals surface area contributed by atoms with Crippen molar-refractivity contribution in [2.24, 2.45) is 0 Å². The Balaban J connectivity index is -0.000000960. The van der Waals surface area contributed by atoms with Crippen LogP contribution in [0.4, 0.5) is 0 Å². The zero-order valence-corrected chi connectivity index (χ0v) is 23.0. The van der Waals surface area contributed by atoms with E-state index in [4.69, 9.17) is 28.4 Å². The molecule has 0 rings (SSSR count). The molecule has 176 valence electrons. The second kappa shape index (κ2) is 28.2. The Hall–Kier alpha value is 1.16. The van der Waals surface area contributed by atoms with Crippen LogP contribution in [-0.4, -0.2) is 111 Å². The van der Waals surface area contributed by atoms with Gasteiger partial charge >= 0.3 is 0 Å². The number of ether oxygens (including phenoxy) is 6. The summed E-state index contributed by atoms with van der Waals surface area (Å²) in [4.78, 5) is 0. The third-order valence-electron chi connectivity index (χ3n) is 4.12. The zero-order valence-electron chi connectivity index (χ0n) is 18.0. The van der Waals surface area contributed by atoms with Crippen LogP contribution in [0.25, 0.3) is 0 Å². The fourth-order valence-electron chi connectivity index (χ4n) is 2.65. The van der Waals surface area contributed by atoms with Gasteiger partial charge in [0.25, 0.3) is 0 Å².